The SMILES string of the molecule is CCOC(=O)Cn1c(=NC(=O)C2CCN(S(=O)(=O)c3ccc(Cl)s3)CC2)sc2ccccc21. The van der Waals surface area contributed by atoms with Crippen molar-refractivity contribution in [3.8, 4) is 0 Å². The number of carbonyl (C=O) groups excluding carboxylic acids is 2. The van der Waals surface area contributed by atoms with Crippen molar-refractivity contribution in [3.63, 3.8) is 0 Å². The van der Waals surface area contributed by atoms with Crippen molar-refractivity contribution in [3.05, 3.63) is 45.5 Å². The van der Waals surface area contributed by atoms with Crippen molar-refractivity contribution >= 4 is 66.4 Å². The lowest BCUT2D eigenvalue weighted by atomic mass is 9.98. The van der Waals surface area contributed by atoms with Crippen LogP contribution in [0.25, 0.3) is 10.2 Å². The number of sulfonamides is 1. The topological polar surface area (TPSA) is 98.0 Å². The van der Waals surface area contributed by atoms with Gasteiger partial charge >= 0.3 is 5.97 Å². The summed E-state index contributed by atoms with van der Waals surface area (Å²) in [4.78, 5) is 29.8. The number of halogens is 1. The fourth-order valence-electron chi connectivity index (χ4n) is 3.69. The maximum absolute atomic E-state index is 13.0. The molecule has 1 fully saturated rings. The first-order valence-corrected chi connectivity index (χ1v) is 13.8. The number of esters is 1. The van der Waals surface area contributed by atoms with Crippen LogP contribution in [0.5, 0.6) is 0 Å². The van der Waals surface area contributed by atoms with E-state index in [0.29, 0.717) is 22.0 Å². The molecular formula is C21H22ClN3O5S3. The van der Waals surface area contributed by atoms with Crippen LogP contribution in [-0.4, -0.2) is 48.9 Å². The highest BCUT2D eigenvalue weighted by molar-refractivity contribution is 7.91. The number of hydrogen-bond acceptors (Lipinski definition) is 7. The number of fused-ring (bicyclic) bond motifs is 1. The van der Waals surface area contributed by atoms with E-state index in [1.807, 2.05) is 24.3 Å². The number of thiazole rings is 1. The van der Waals surface area contributed by atoms with Crippen LogP contribution in [0.3, 0.4) is 0 Å². The Balaban J connectivity index is 1.53. The van der Waals surface area contributed by atoms with Crippen LogP contribution in [0.15, 0.2) is 45.6 Å². The molecular weight excluding hydrogens is 506 g/mol. The van der Waals surface area contributed by atoms with Crippen molar-refractivity contribution in [2.75, 3.05) is 19.7 Å². The third-order valence-electron chi connectivity index (χ3n) is 5.33. The van der Waals surface area contributed by atoms with Gasteiger partial charge in [-0.15, -0.1) is 11.3 Å². The molecule has 176 valence electrons. The highest BCUT2D eigenvalue weighted by Crippen LogP contribution is 2.30. The van der Waals surface area contributed by atoms with E-state index in [1.54, 1.807) is 17.6 Å². The number of aromatic nitrogens is 1. The molecule has 0 bridgehead atoms. The van der Waals surface area contributed by atoms with E-state index in [4.69, 9.17) is 16.3 Å². The molecule has 1 aliphatic heterocycles. The second-order valence-corrected chi connectivity index (χ2v) is 12.3. The van der Waals surface area contributed by atoms with Crippen LogP contribution in [-0.2, 0) is 30.9 Å². The summed E-state index contributed by atoms with van der Waals surface area (Å²) in [5, 5.41) is 0. The van der Waals surface area contributed by atoms with E-state index in [2.05, 4.69) is 4.99 Å². The molecule has 0 aliphatic carbocycles. The van der Waals surface area contributed by atoms with Crippen LogP contribution in [0, 0.1) is 5.92 Å². The van der Waals surface area contributed by atoms with Gasteiger partial charge in [0.25, 0.3) is 15.9 Å². The summed E-state index contributed by atoms with van der Waals surface area (Å²) in [5.74, 6) is -1.10. The van der Waals surface area contributed by atoms with E-state index >= 15 is 0 Å². The number of ether oxygens (including phenoxy) is 1. The molecule has 3 heterocycles. The average molecular weight is 528 g/mol. The molecule has 0 atom stereocenters. The van der Waals surface area contributed by atoms with Gasteiger partial charge in [0.15, 0.2) is 4.80 Å². The summed E-state index contributed by atoms with van der Waals surface area (Å²) < 4.78 is 35.3. The molecule has 0 unspecified atom stereocenters. The van der Waals surface area contributed by atoms with E-state index in [9.17, 15) is 18.0 Å². The number of nitrogens with zero attached hydrogens (tertiary/aromatic N) is 3. The Morgan fingerprint density at radius 2 is 1.88 bits per heavy atom. The number of carbonyl (C=O) groups is 2. The molecule has 1 saturated heterocycles. The number of piperidine rings is 1. The summed E-state index contributed by atoms with van der Waals surface area (Å²) in [7, 11) is -3.62. The number of benzene rings is 1. The quantitative estimate of drug-likeness (QED) is 0.457. The fraction of sp³-hybridized carbons (Fsp3) is 0.381. The lowest BCUT2D eigenvalue weighted by Crippen LogP contribution is -2.40. The Morgan fingerprint density at radius 3 is 2.55 bits per heavy atom. The normalized spacial score (nSPS) is 16.4. The Bertz CT molecular complexity index is 1350. The van der Waals surface area contributed by atoms with Crippen LogP contribution < -0.4 is 4.80 Å². The van der Waals surface area contributed by atoms with Gasteiger partial charge in [0.2, 0.25) is 0 Å². The Morgan fingerprint density at radius 1 is 1.15 bits per heavy atom. The number of rotatable bonds is 6. The van der Waals surface area contributed by atoms with E-state index in [1.165, 1.54) is 21.7 Å². The minimum atomic E-state index is -3.62. The minimum absolute atomic E-state index is 0.0377. The number of hydrogen-bond donors (Lipinski definition) is 0. The molecule has 0 saturated carbocycles. The van der Waals surface area contributed by atoms with Crippen LogP contribution >= 0.6 is 34.3 Å². The van der Waals surface area contributed by atoms with Gasteiger partial charge in [0.05, 0.1) is 21.2 Å². The van der Waals surface area contributed by atoms with Crippen molar-refractivity contribution < 1.29 is 22.7 Å². The second-order valence-electron chi connectivity index (χ2n) is 7.43. The predicted octanol–water partition coefficient (Wildman–Crippen LogP) is 3.51. The average Bonchev–Trinajstić information content (AvgIpc) is 3.38. The van der Waals surface area contributed by atoms with Crippen LogP contribution in [0.2, 0.25) is 4.34 Å². The maximum Gasteiger partial charge on any atom is 0.326 e. The molecule has 33 heavy (non-hydrogen) atoms. The van der Waals surface area contributed by atoms with Crippen molar-refractivity contribution in [2.24, 2.45) is 10.9 Å². The summed E-state index contributed by atoms with van der Waals surface area (Å²) in [6, 6.07) is 10.6. The minimum Gasteiger partial charge on any atom is -0.465 e. The molecule has 0 spiro atoms. The molecule has 4 rings (SSSR count). The molecule has 12 heteroatoms. The van der Waals surface area contributed by atoms with Crippen LogP contribution in [0.4, 0.5) is 0 Å². The molecule has 2 aromatic heterocycles. The number of amides is 1. The Labute approximate surface area is 204 Å². The lowest BCUT2D eigenvalue weighted by molar-refractivity contribution is -0.143. The number of para-hydroxylation sites is 1. The number of thiophene rings is 1. The van der Waals surface area contributed by atoms with Gasteiger partial charge in [-0.2, -0.15) is 9.30 Å². The summed E-state index contributed by atoms with van der Waals surface area (Å²) in [5.41, 5.74) is 0.803. The molecule has 0 N–H and O–H groups in total. The monoisotopic (exact) mass is 527 g/mol. The zero-order valence-corrected chi connectivity index (χ0v) is 21.0. The molecule has 3 aromatic rings. The Kier molecular flexibility index (Phi) is 7.34. The molecule has 1 aromatic carbocycles. The van der Waals surface area contributed by atoms with Gasteiger partial charge in [-0.05, 0) is 44.0 Å². The van der Waals surface area contributed by atoms with Gasteiger partial charge < -0.3 is 9.30 Å². The molecule has 8 nitrogen and oxygen atoms in total. The largest absolute Gasteiger partial charge is 0.465 e. The highest BCUT2D eigenvalue weighted by Gasteiger charge is 2.33. The summed E-state index contributed by atoms with van der Waals surface area (Å²) in [6.45, 7) is 2.44. The highest BCUT2D eigenvalue weighted by atomic mass is 35.5. The van der Waals surface area contributed by atoms with Crippen molar-refractivity contribution in [2.45, 2.75) is 30.5 Å². The maximum atomic E-state index is 13.0. The van der Waals surface area contributed by atoms with Gasteiger partial charge in [-0.25, -0.2) is 8.42 Å². The molecule has 1 aliphatic rings. The van der Waals surface area contributed by atoms with E-state index in [-0.39, 0.29) is 42.3 Å². The summed E-state index contributed by atoms with van der Waals surface area (Å²) in [6.07, 6.45) is 0.757. The van der Waals surface area contributed by atoms with Gasteiger partial charge in [0.1, 0.15) is 10.8 Å². The van der Waals surface area contributed by atoms with Crippen molar-refractivity contribution in [1.82, 2.24) is 8.87 Å². The van der Waals surface area contributed by atoms with Gasteiger partial charge in [-0.1, -0.05) is 35.1 Å². The lowest BCUT2D eigenvalue weighted by Gasteiger charge is -2.29. The van der Waals surface area contributed by atoms with Crippen LogP contribution in [0.1, 0.15) is 19.8 Å². The molecule has 1 amide bonds. The van der Waals surface area contributed by atoms with Gasteiger partial charge in [-0.3, -0.25) is 9.59 Å². The van der Waals surface area contributed by atoms with Gasteiger partial charge in [0, 0.05) is 19.0 Å². The first kappa shape index (κ1) is 24.1. The molecule has 0 radical (unpaired) electrons. The third-order valence-corrected chi connectivity index (χ3v) is 9.99. The fourth-order valence-corrected chi connectivity index (χ4v) is 7.83. The van der Waals surface area contributed by atoms with Crippen molar-refractivity contribution in [1.29, 1.82) is 0 Å². The standard InChI is InChI=1S/C21H22ClN3O5S3/c1-2-30-18(26)13-25-15-5-3-4-6-16(15)31-21(25)23-20(27)14-9-11-24(12-10-14)33(28,29)19-8-7-17(22)32-19/h3-8,14H,2,9-13H2,1H3. The smallest absolute Gasteiger partial charge is 0.326 e. The zero-order valence-electron chi connectivity index (χ0n) is 17.8. The zero-order chi connectivity index (χ0) is 23.6. The predicted molar refractivity (Wildman–Crippen MR) is 128 cm³/mol. The third kappa shape index (κ3) is 5.22. The first-order chi connectivity index (χ1) is 15.8. The Hall–Kier alpha value is -2.05. The first-order valence-electron chi connectivity index (χ1n) is 10.4. The van der Waals surface area contributed by atoms with E-state index in [0.717, 1.165) is 21.6 Å². The van der Waals surface area contributed by atoms with E-state index < -0.39 is 16.0 Å². The summed E-state index contributed by atoms with van der Waals surface area (Å²) >= 11 is 8.24. The second kappa shape index (κ2) is 10.1.